The number of nitrogens with one attached hydrogen (secondary N) is 1. The second-order valence-corrected chi connectivity index (χ2v) is 4.57. The first-order valence-corrected chi connectivity index (χ1v) is 6.10. The van der Waals surface area contributed by atoms with E-state index in [1.54, 1.807) is 5.32 Å². The summed E-state index contributed by atoms with van der Waals surface area (Å²) in [7, 11) is 0. The molecule has 0 bridgehead atoms. The highest BCUT2D eigenvalue weighted by Crippen LogP contribution is 2.24. The molecule has 20 heavy (non-hydrogen) atoms. The van der Waals surface area contributed by atoms with Crippen molar-refractivity contribution in [1.82, 2.24) is 4.98 Å². The van der Waals surface area contributed by atoms with Gasteiger partial charge in [0.15, 0.2) is 23.3 Å². The van der Waals surface area contributed by atoms with E-state index in [-0.39, 0.29) is 18.3 Å². The number of nitrogens with zero attached hydrogens (tertiary/aromatic N) is 1. The lowest BCUT2D eigenvalue weighted by Crippen LogP contribution is -2.16. The third kappa shape index (κ3) is 2.63. The van der Waals surface area contributed by atoms with Gasteiger partial charge >= 0.3 is 0 Å². The maximum absolute atomic E-state index is 13.4. The van der Waals surface area contributed by atoms with E-state index in [4.69, 9.17) is 5.73 Å². The van der Waals surface area contributed by atoms with E-state index in [1.165, 1.54) is 5.38 Å². The van der Waals surface area contributed by atoms with Crippen molar-refractivity contribution < 1.29 is 22.4 Å². The fourth-order valence-electron chi connectivity index (χ4n) is 1.37. The molecule has 4 nitrogen and oxygen atoms in total. The second-order valence-electron chi connectivity index (χ2n) is 3.63. The number of amides is 1. The average molecular weight is 305 g/mol. The number of nitrogens with two attached hydrogens (primary N) is 1. The van der Waals surface area contributed by atoms with Gasteiger partial charge in [0.1, 0.15) is 16.4 Å². The number of hydrogen-bond donors (Lipinski definition) is 2. The molecular weight excluding hydrogens is 298 g/mol. The lowest BCUT2D eigenvalue weighted by molar-refractivity contribution is 0.102. The number of aromatic nitrogens is 1. The smallest absolute Gasteiger partial charge is 0.275 e. The molecule has 0 aliphatic carbocycles. The molecule has 0 saturated carbocycles. The number of halogens is 4. The van der Waals surface area contributed by atoms with Gasteiger partial charge in [-0.1, -0.05) is 0 Å². The van der Waals surface area contributed by atoms with E-state index in [0.29, 0.717) is 5.01 Å². The van der Waals surface area contributed by atoms with E-state index < -0.39 is 34.9 Å². The molecule has 3 N–H and O–H groups in total. The number of carbonyl (C=O) groups excluding carboxylic acids is 1. The van der Waals surface area contributed by atoms with Gasteiger partial charge in [-0.05, 0) is 0 Å². The maximum Gasteiger partial charge on any atom is 0.275 e. The molecule has 0 saturated heterocycles. The fourth-order valence-corrected chi connectivity index (χ4v) is 2.02. The van der Waals surface area contributed by atoms with Crippen molar-refractivity contribution in [2.24, 2.45) is 5.73 Å². The molecule has 0 radical (unpaired) electrons. The minimum atomic E-state index is -1.69. The molecule has 2 aromatic rings. The van der Waals surface area contributed by atoms with E-state index >= 15 is 0 Å². The summed E-state index contributed by atoms with van der Waals surface area (Å²) < 4.78 is 52.6. The quantitative estimate of drug-likeness (QED) is 0.676. The average Bonchev–Trinajstić information content (AvgIpc) is 2.90. The van der Waals surface area contributed by atoms with Crippen molar-refractivity contribution in [3.8, 4) is 0 Å². The lowest BCUT2D eigenvalue weighted by Gasteiger charge is -2.07. The van der Waals surface area contributed by atoms with Gasteiger partial charge in [0, 0.05) is 18.0 Å². The Morgan fingerprint density at radius 3 is 2.35 bits per heavy atom. The van der Waals surface area contributed by atoms with Gasteiger partial charge in [0.2, 0.25) is 0 Å². The number of benzene rings is 1. The van der Waals surface area contributed by atoms with Gasteiger partial charge in [0.25, 0.3) is 5.91 Å². The Bertz CT molecular complexity index is 648. The Kier molecular flexibility index (Phi) is 4.00. The van der Waals surface area contributed by atoms with Crippen LogP contribution in [0.1, 0.15) is 15.5 Å². The minimum Gasteiger partial charge on any atom is -0.325 e. The molecule has 2 rings (SSSR count). The molecule has 0 fully saturated rings. The molecule has 0 unspecified atom stereocenters. The summed E-state index contributed by atoms with van der Waals surface area (Å²) in [6, 6.07) is 0.0513. The predicted molar refractivity (Wildman–Crippen MR) is 64.2 cm³/mol. The van der Waals surface area contributed by atoms with Crippen molar-refractivity contribution in [2.75, 3.05) is 5.32 Å². The molecule has 9 heteroatoms. The van der Waals surface area contributed by atoms with Gasteiger partial charge in [-0.2, -0.15) is 0 Å². The van der Waals surface area contributed by atoms with Crippen LogP contribution in [0.15, 0.2) is 11.4 Å². The van der Waals surface area contributed by atoms with Crippen LogP contribution >= 0.6 is 11.3 Å². The zero-order valence-electron chi connectivity index (χ0n) is 9.71. The van der Waals surface area contributed by atoms with E-state index in [2.05, 4.69) is 4.98 Å². The van der Waals surface area contributed by atoms with E-state index in [9.17, 15) is 22.4 Å². The standard InChI is InChI=1S/C11H7F4N3OS/c12-4-1-5(13)9(15)10(8(4)14)18-11(19)6-3-20-7(2-16)17-6/h1,3H,2,16H2,(H,18,19). The van der Waals surface area contributed by atoms with Gasteiger partial charge in [0.05, 0.1) is 0 Å². The van der Waals surface area contributed by atoms with Gasteiger partial charge < -0.3 is 11.1 Å². The summed E-state index contributed by atoms with van der Waals surface area (Å²) in [5.74, 6) is -7.60. The summed E-state index contributed by atoms with van der Waals surface area (Å²) in [6.07, 6.45) is 0. The maximum atomic E-state index is 13.4. The number of rotatable bonds is 3. The van der Waals surface area contributed by atoms with Crippen molar-refractivity contribution in [3.05, 3.63) is 45.4 Å². The van der Waals surface area contributed by atoms with Crippen LogP contribution in [0.25, 0.3) is 0 Å². The summed E-state index contributed by atoms with van der Waals surface area (Å²) in [4.78, 5) is 15.5. The van der Waals surface area contributed by atoms with Crippen LogP contribution in [0.4, 0.5) is 23.2 Å². The molecule has 0 aliphatic heterocycles. The number of thiazole rings is 1. The van der Waals surface area contributed by atoms with E-state index in [0.717, 1.165) is 11.3 Å². The molecule has 0 spiro atoms. The fraction of sp³-hybridized carbons (Fsp3) is 0.0909. The zero-order valence-corrected chi connectivity index (χ0v) is 10.5. The normalized spacial score (nSPS) is 10.7. The van der Waals surface area contributed by atoms with Crippen LogP contribution < -0.4 is 11.1 Å². The highest BCUT2D eigenvalue weighted by Gasteiger charge is 2.22. The monoisotopic (exact) mass is 305 g/mol. The van der Waals surface area contributed by atoms with Crippen molar-refractivity contribution >= 4 is 22.9 Å². The lowest BCUT2D eigenvalue weighted by atomic mass is 10.2. The van der Waals surface area contributed by atoms with Crippen molar-refractivity contribution in [2.45, 2.75) is 6.54 Å². The Morgan fingerprint density at radius 1 is 1.25 bits per heavy atom. The number of hydrogen-bond acceptors (Lipinski definition) is 4. The topological polar surface area (TPSA) is 68.0 Å². The zero-order chi connectivity index (χ0) is 14.9. The summed E-state index contributed by atoms with van der Waals surface area (Å²) in [5, 5.41) is 3.49. The van der Waals surface area contributed by atoms with Gasteiger partial charge in [-0.3, -0.25) is 4.79 Å². The van der Waals surface area contributed by atoms with Crippen LogP contribution in [0.3, 0.4) is 0 Å². The first-order valence-electron chi connectivity index (χ1n) is 5.22. The second kappa shape index (κ2) is 5.55. The highest BCUT2D eigenvalue weighted by atomic mass is 32.1. The van der Waals surface area contributed by atoms with Crippen molar-refractivity contribution in [3.63, 3.8) is 0 Å². The SMILES string of the molecule is NCc1nc(C(=O)Nc2c(F)c(F)cc(F)c2F)cs1. The third-order valence-corrected chi connectivity index (χ3v) is 3.18. The third-order valence-electron chi connectivity index (χ3n) is 2.31. The predicted octanol–water partition coefficient (Wildman–Crippen LogP) is 2.41. The largest absolute Gasteiger partial charge is 0.325 e. The number of carbonyl (C=O) groups is 1. The molecule has 1 amide bonds. The molecule has 106 valence electrons. The Balaban J connectivity index is 2.32. The van der Waals surface area contributed by atoms with Gasteiger partial charge in [-0.25, -0.2) is 22.5 Å². The minimum absolute atomic E-state index is 0.0513. The summed E-state index contributed by atoms with van der Waals surface area (Å²) in [5.41, 5.74) is 3.95. The van der Waals surface area contributed by atoms with Crippen LogP contribution in [-0.2, 0) is 6.54 Å². The molecule has 0 atom stereocenters. The van der Waals surface area contributed by atoms with E-state index in [1.807, 2.05) is 0 Å². The molecule has 1 aromatic heterocycles. The molecule has 0 aliphatic rings. The molecule has 1 aromatic carbocycles. The Hall–Kier alpha value is -2.00. The van der Waals surface area contributed by atoms with Crippen LogP contribution in [0.5, 0.6) is 0 Å². The van der Waals surface area contributed by atoms with Gasteiger partial charge in [-0.15, -0.1) is 11.3 Å². The van der Waals surface area contributed by atoms with Crippen LogP contribution in [0, 0.1) is 23.3 Å². The molecule has 1 heterocycles. The Morgan fingerprint density at radius 2 is 1.85 bits per heavy atom. The first-order chi connectivity index (χ1) is 9.43. The number of anilines is 1. The molecular formula is C11H7F4N3OS. The van der Waals surface area contributed by atoms with Crippen LogP contribution in [0.2, 0.25) is 0 Å². The van der Waals surface area contributed by atoms with Crippen LogP contribution in [-0.4, -0.2) is 10.9 Å². The Labute approximate surface area is 114 Å². The highest BCUT2D eigenvalue weighted by molar-refractivity contribution is 7.09. The summed E-state index contributed by atoms with van der Waals surface area (Å²) in [6.45, 7) is 0.0925. The first kappa shape index (κ1) is 14.4. The summed E-state index contributed by atoms with van der Waals surface area (Å²) >= 11 is 1.07. The van der Waals surface area contributed by atoms with Crippen molar-refractivity contribution in [1.29, 1.82) is 0 Å².